The van der Waals surface area contributed by atoms with Gasteiger partial charge in [-0.2, -0.15) is 0 Å². The molecule has 3 aliphatic rings. The van der Waals surface area contributed by atoms with Crippen LogP contribution in [-0.2, 0) is 10.8 Å². The highest BCUT2D eigenvalue weighted by molar-refractivity contribution is 6.06. The monoisotopic (exact) mass is 784 g/mol. The van der Waals surface area contributed by atoms with E-state index in [1.165, 1.54) is 50.1 Å². The third-order valence-electron chi connectivity index (χ3n) is 13.6. The molecule has 0 unspecified atom stereocenters. The molecule has 0 bridgehead atoms. The standard InChI is InChI=1S/C58H44N2O/c1-57(2)50-24-13-11-21-44(50)46-29-26-40(33-52(46)57)59(38-17-7-5-8-18-38)42-28-31-48-49-23-15-16-37-32-43(36-55(56(37)49)61-54(48)35-42)60(39-19-9-6-10-20-39)41-27-30-47-45-22-12-14-25-51(45)58(3,4)53(47)34-41/h5-36H,1-4H3. The van der Waals surface area contributed by atoms with Crippen molar-refractivity contribution in [3.63, 3.8) is 0 Å². The number of fused-ring (bicyclic) bond motifs is 8. The normalized spacial score (nSPS) is 14.3. The van der Waals surface area contributed by atoms with Crippen molar-refractivity contribution < 1.29 is 4.74 Å². The molecule has 2 aliphatic carbocycles. The van der Waals surface area contributed by atoms with E-state index in [0.29, 0.717) is 0 Å². The van der Waals surface area contributed by atoms with Gasteiger partial charge in [0.1, 0.15) is 11.5 Å². The van der Waals surface area contributed by atoms with E-state index in [-0.39, 0.29) is 10.8 Å². The van der Waals surface area contributed by atoms with Crippen molar-refractivity contribution in [3.8, 4) is 44.9 Å². The maximum Gasteiger partial charge on any atom is 0.138 e. The van der Waals surface area contributed by atoms with Gasteiger partial charge in [-0.05, 0) is 122 Å². The average molecular weight is 785 g/mol. The Balaban J connectivity index is 0.982. The molecular formula is C58H44N2O. The van der Waals surface area contributed by atoms with Crippen molar-refractivity contribution in [2.45, 2.75) is 38.5 Å². The number of para-hydroxylation sites is 2. The summed E-state index contributed by atoms with van der Waals surface area (Å²) in [5.41, 5.74) is 19.2. The predicted molar refractivity (Wildman–Crippen MR) is 254 cm³/mol. The van der Waals surface area contributed by atoms with E-state index in [1.54, 1.807) is 0 Å². The van der Waals surface area contributed by atoms with Crippen molar-refractivity contribution in [1.82, 2.24) is 0 Å². The van der Waals surface area contributed by atoms with Gasteiger partial charge >= 0.3 is 0 Å². The van der Waals surface area contributed by atoms with Crippen LogP contribution in [0.4, 0.5) is 34.1 Å². The summed E-state index contributed by atoms with van der Waals surface area (Å²) in [7, 11) is 0. The van der Waals surface area contributed by atoms with Gasteiger partial charge in [-0.1, -0.05) is 143 Å². The zero-order valence-electron chi connectivity index (χ0n) is 34.8. The third-order valence-corrected chi connectivity index (χ3v) is 13.6. The zero-order valence-corrected chi connectivity index (χ0v) is 34.8. The van der Waals surface area contributed by atoms with E-state index >= 15 is 0 Å². The number of anilines is 6. The van der Waals surface area contributed by atoms with Crippen molar-refractivity contribution in [2.24, 2.45) is 0 Å². The number of hydrogen-bond donors (Lipinski definition) is 0. The fourth-order valence-corrected chi connectivity index (χ4v) is 10.6. The van der Waals surface area contributed by atoms with Gasteiger partial charge in [0.05, 0.1) is 5.69 Å². The molecule has 0 fully saturated rings. The first kappa shape index (κ1) is 35.6. The molecule has 0 saturated carbocycles. The second kappa shape index (κ2) is 13.1. The van der Waals surface area contributed by atoms with Crippen LogP contribution in [0, 0.1) is 0 Å². The quantitative estimate of drug-likeness (QED) is 0.167. The first-order valence-electron chi connectivity index (χ1n) is 21.3. The molecule has 9 aromatic carbocycles. The second-order valence-electron chi connectivity index (χ2n) is 17.8. The third kappa shape index (κ3) is 5.30. The van der Waals surface area contributed by atoms with Crippen LogP contribution in [0.2, 0.25) is 0 Å². The summed E-state index contributed by atoms with van der Waals surface area (Å²) >= 11 is 0. The van der Waals surface area contributed by atoms with Crippen LogP contribution >= 0.6 is 0 Å². The molecule has 0 spiro atoms. The molecule has 0 N–H and O–H groups in total. The molecule has 12 rings (SSSR count). The van der Waals surface area contributed by atoms with E-state index in [4.69, 9.17) is 4.74 Å². The smallest absolute Gasteiger partial charge is 0.138 e. The molecule has 0 atom stereocenters. The van der Waals surface area contributed by atoms with E-state index in [9.17, 15) is 0 Å². The molecular weight excluding hydrogens is 741 g/mol. The first-order valence-corrected chi connectivity index (χ1v) is 21.3. The van der Waals surface area contributed by atoms with Gasteiger partial charge in [0.15, 0.2) is 0 Å². The van der Waals surface area contributed by atoms with Crippen molar-refractivity contribution in [1.29, 1.82) is 0 Å². The molecule has 1 heterocycles. The van der Waals surface area contributed by atoms with Crippen LogP contribution < -0.4 is 14.5 Å². The average Bonchev–Trinajstić information content (AvgIpc) is 3.66. The molecule has 3 nitrogen and oxygen atoms in total. The van der Waals surface area contributed by atoms with E-state index < -0.39 is 0 Å². The van der Waals surface area contributed by atoms with E-state index in [0.717, 1.165) is 62.0 Å². The SMILES string of the molecule is CC1(C)c2ccccc2-c2ccc(N(c3ccccc3)c3ccc4c(c3)Oc3cc(N(c5ccccc5)c5ccc6c(c5)C(C)(C)c5ccccc5-6)cc5cccc-4c35)cc21. The molecule has 1 aliphatic heterocycles. The molecule has 0 saturated heterocycles. The number of hydrogen-bond acceptors (Lipinski definition) is 3. The molecule has 61 heavy (non-hydrogen) atoms. The maximum absolute atomic E-state index is 7.12. The number of nitrogens with zero attached hydrogens (tertiary/aromatic N) is 2. The fourth-order valence-electron chi connectivity index (χ4n) is 10.6. The Bertz CT molecular complexity index is 3240. The molecule has 3 heteroatoms. The summed E-state index contributed by atoms with van der Waals surface area (Å²) in [6.45, 7) is 9.38. The molecule has 0 amide bonds. The lowest BCUT2D eigenvalue weighted by Crippen LogP contribution is -2.16. The van der Waals surface area contributed by atoms with Crippen molar-refractivity contribution >= 4 is 44.9 Å². The summed E-state index contributed by atoms with van der Waals surface area (Å²) in [5, 5.41) is 2.27. The number of rotatable bonds is 6. The summed E-state index contributed by atoms with van der Waals surface area (Å²) in [6, 6.07) is 70.9. The van der Waals surface area contributed by atoms with E-state index in [1.807, 2.05) is 0 Å². The highest BCUT2D eigenvalue weighted by Gasteiger charge is 2.37. The molecule has 292 valence electrons. The Kier molecular flexibility index (Phi) is 7.62. The predicted octanol–water partition coefficient (Wildman–Crippen LogP) is 16.2. The maximum atomic E-state index is 7.12. The van der Waals surface area contributed by atoms with Crippen LogP contribution in [0.1, 0.15) is 49.9 Å². The minimum absolute atomic E-state index is 0.113. The summed E-state index contributed by atoms with van der Waals surface area (Å²) < 4.78 is 7.12. The highest BCUT2D eigenvalue weighted by Crippen LogP contribution is 2.55. The van der Waals surface area contributed by atoms with Crippen LogP contribution in [0.25, 0.3) is 44.2 Å². The number of benzene rings is 9. The fraction of sp³-hybridized carbons (Fsp3) is 0.103. The Morgan fingerprint density at radius 1 is 0.311 bits per heavy atom. The van der Waals surface area contributed by atoms with Crippen LogP contribution in [0.5, 0.6) is 11.5 Å². The lowest BCUT2D eigenvalue weighted by atomic mass is 9.82. The lowest BCUT2D eigenvalue weighted by molar-refractivity contribution is 0.487. The molecule has 0 radical (unpaired) electrons. The van der Waals surface area contributed by atoms with Gasteiger partial charge in [0, 0.05) is 62.3 Å². The minimum Gasteiger partial charge on any atom is -0.456 e. The van der Waals surface area contributed by atoms with Crippen LogP contribution in [-0.4, -0.2) is 0 Å². The van der Waals surface area contributed by atoms with Gasteiger partial charge in [-0.25, -0.2) is 0 Å². The summed E-state index contributed by atoms with van der Waals surface area (Å²) in [5.74, 6) is 1.69. The van der Waals surface area contributed by atoms with Crippen LogP contribution in [0.15, 0.2) is 194 Å². The first-order chi connectivity index (χ1) is 29.8. The van der Waals surface area contributed by atoms with Gasteiger partial charge < -0.3 is 14.5 Å². The van der Waals surface area contributed by atoms with Crippen molar-refractivity contribution in [3.05, 3.63) is 216 Å². The highest BCUT2D eigenvalue weighted by atomic mass is 16.5. The lowest BCUT2D eigenvalue weighted by Gasteiger charge is -2.31. The topological polar surface area (TPSA) is 15.7 Å². The van der Waals surface area contributed by atoms with Crippen LogP contribution in [0.3, 0.4) is 0 Å². The van der Waals surface area contributed by atoms with Gasteiger partial charge in [0.2, 0.25) is 0 Å². The van der Waals surface area contributed by atoms with Crippen molar-refractivity contribution in [2.75, 3.05) is 9.80 Å². The Hall–Kier alpha value is -7.36. The Morgan fingerprint density at radius 3 is 1.33 bits per heavy atom. The summed E-state index contributed by atoms with van der Waals surface area (Å²) in [6.07, 6.45) is 0. The Morgan fingerprint density at radius 2 is 0.754 bits per heavy atom. The van der Waals surface area contributed by atoms with Gasteiger partial charge in [-0.3, -0.25) is 0 Å². The van der Waals surface area contributed by atoms with Gasteiger partial charge in [0.25, 0.3) is 0 Å². The molecule has 0 aromatic heterocycles. The largest absolute Gasteiger partial charge is 0.456 e. The minimum atomic E-state index is -0.117. The molecule has 9 aromatic rings. The second-order valence-corrected chi connectivity index (χ2v) is 17.8. The Labute approximate surface area is 357 Å². The van der Waals surface area contributed by atoms with Gasteiger partial charge in [-0.15, -0.1) is 0 Å². The summed E-state index contributed by atoms with van der Waals surface area (Å²) in [4.78, 5) is 4.74. The van der Waals surface area contributed by atoms with E-state index in [2.05, 4.69) is 232 Å². The number of ether oxygens (including phenoxy) is 1. The zero-order chi connectivity index (χ0) is 41.0.